The van der Waals surface area contributed by atoms with E-state index in [0.29, 0.717) is 18.7 Å². The van der Waals surface area contributed by atoms with Crippen LogP contribution < -0.4 is 10.6 Å². The number of benzene rings is 1. The van der Waals surface area contributed by atoms with Gasteiger partial charge in [0.05, 0.1) is 6.54 Å². The molecule has 2 N–H and O–H groups in total. The van der Waals surface area contributed by atoms with Gasteiger partial charge in [-0.25, -0.2) is 4.39 Å². The molecule has 0 aliphatic carbocycles. The minimum atomic E-state index is -0.261. The summed E-state index contributed by atoms with van der Waals surface area (Å²) >= 11 is 0. The van der Waals surface area contributed by atoms with E-state index in [1.54, 1.807) is 25.3 Å². The normalized spacial score (nSPS) is 12.2. The predicted octanol–water partition coefficient (Wildman–Crippen LogP) is 1.63. The van der Waals surface area contributed by atoms with E-state index in [-0.39, 0.29) is 24.3 Å². The number of halogens is 1. The number of amides is 1. The molecule has 0 fully saturated rings. The van der Waals surface area contributed by atoms with Crippen molar-refractivity contribution < 1.29 is 13.9 Å². The van der Waals surface area contributed by atoms with Crippen LogP contribution in [-0.2, 0) is 9.53 Å². The molecule has 1 rings (SSSR count). The number of carbonyl (C=O) groups excluding carboxylic acids is 1. The van der Waals surface area contributed by atoms with Crippen molar-refractivity contribution in [3.63, 3.8) is 0 Å². The van der Waals surface area contributed by atoms with Gasteiger partial charge in [0.15, 0.2) is 0 Å². The molecule has 0 heterocycles. The molecule has 0 unspecified atom stereocenters. The van der Waals surface area contributed by atoms with Crippen LogP contribution in [0.5, 0.6) is 0 Å². The molecule has 0 aromatic heterocycles. The fraction of sp³-hybridized carbons (Fsp3) is 0.500. The Morgan fingerprint density at radius 3 is 2.84 bits per heavy atom. The molecule has 1 aromatic carbocycles. The first kappa shape index (κ1) is 15.6. The van der Waals surface area contributed by atoms with Crippen LogP contribution >= 0.6 is 0 Å². The van der Waals surface area contributed by atoms with Crippen LogP contribution in [-0.4, -0.2) is 32.7 Å². The van der Waals surface area contributed by atoms with Crippen LogP contribution in [0.15, 0.2) is 24.3 Å². The first-order chi connectivity index (χ1) is 9.15. The lowest BCUT2D eigenvalue weighted by Crippen LogP contribution is -2.35. The predicted molar refractivity (Wildman–Crippen MR) is 72.3 cm³/mol. The summed E-state index contributed by atoms with van der Waals surface area (Å²) < 4.78 is 18.4. The van der Waals surface area contributed by atoms with Crippen LogP contribution in [0.25, 0.3) is 0 Å². The molecule has 106 valence electrons. The maximum absolute atomic E-state index is 13.5. The summed E-state index contributed by atoms with van der Waals surface area (Å²) in [7, 11) is 1.62. The summed E-state index contributed by atoms with van der Waals surface area (Å²) in [5, 5.41) is 5.76. The Morgan fingerprint density at radius 1 is 1.42 bits per heavy atom. The van der Waals surface area contributed by atoms with E-state index in [0.717, 1.165) is 6.42 Å². The molecule has 4 nitrogen and oxygen atoms in total. The van der Waals surface area contributed by atoms with Crippen molar-refractivity contribution in [3.8, 4) is 0 Å². The third-order valence-corrected chi connectivity index (χ3v) is 2.79. The minimum Gasteiger partial charge on any atom is -0.385 e. The van der Waals surface area contributed by atoms with Gasteiger partial charge in [-0.1, -0.05) is 18.2 Å². The van der Waals surface area contributed by atoms with Gasteiger partial charge in [0.25, 0.3) is 0 Å². The number of methoxy groups -OCH3 is 1. The maximum atomic E-state index is 13.5. The van der Waals surface area contributed by atoms with E-state index >= 15 is 0 Å². The summed E-state index contributed by atoms with van der Waals surface area (Å²) in [6.07, 6.45) is 0.783. The molecule has 0 saturated heterocycles. The van der Waals surface area contributed by atoms with Crippen LogP contribution in [0.2, 0.25) is 0 Å². The van der Waals surface area contributed by atoms with Gasteiger partial charge in [0.1, 0.15) is 5.82 Å². The minimum absolute atomic E-state index is 0.0979. The fourth-order valence-corrected chi connectivity index (χ4v) is 1.69. The highest BCUT2D eigenvalue weighted by Crippen LogP contribution is 2.15. The molecular weight excluding hydrogens is 247 g/mol. The monoisotopic (exact) mass is 268 g/mol. The van der Waals surface area contributed by atoms with Gasteiger partial charge in [-0.15, -0.1) is 0 Å². The molecule has 19 heavy (non-hydrogen) atoms. The second kappa shape index (κ2) is 8.61. The van der Waals surface area contributed by atoms with E-state index in [2.05, 4.69) is 10.6 Å². The fourth-order valence-electron chi connectivity index (χ4n) is 1.69. The van der Waals surface area contributed by atoms with E-state index < -0.39 is 0 Å². The summed E-state index contributed by atoms with van der Waals surface area (Å²) in [6, 6.07) is 6.35. The highest BCUT2D eigenvalue weighted by Gasteiger charge is 2.10. The summed E-state index contributed by atoms with van der Waals surface area (Å²) in [4.78, 5) is 11.5. The molecule has 0 aliphatic rings. The summed E-state index contributed by atoms with van der Waals surface area (Å²) in [6.45, 7) is 3.21. The van der Waals surface area contributed by atoms with Crippen LogP contribution in [0, 0.1) is 5.82 Å². The van der Waals surface area contributed by atoms with Crippen LogP contribution in [0.1, 0.15) is 24.9 Å². The Hall–Kier alpha value is -1.46. The standard InChI is InChI=1S/C14H21FN2O2/c1-11(12-6-3-4-7-13(12)15)17-10-14(18)16-8-5-9-19-2/h3-4,6-7,11,17H,5,8-10H2,1-2H3,(H,16,18)/t11-/m1/s1. The van der Waals surface area contributed by atoms with E-state index in [9.17, 15) is 9.18 Å². The van der Waals surface area contributed by atoms with Crippen molar-refractivity contribution in [2.75, 3.05) is 26.8 Å². The summed E-state index contributed by atoms with van der Waals surface area (Å²) in [5.41, 5.74) is 0.565. The van der Waals surface area contributed by atoms with Gasteiger partial charge < -0.3 is 15.4 Å². The van der Waals surface area contributed by atoms with Crippen LogP contribution in [0.4, 0.5) is 4.39 Å². The van der Waals surface area contributed by atoms with Crippen LogP contribution in [0.3, 0.4) is 0 Å². The number of carbonyl (C=O) groups is 1. The largest absolute Gasteiger partial charge is 0.385 e. The Balaban J connectivity index is 2.28. The Labute approximate surface area is 113 Å². The third kappa shape index (κ3) is 5.81. The lowest BCUT2D eigenvalue weighted by molar-refractivity contribution is -0.120. The smallest absolute Gasteiger partial charge is 0.233 e. The van der Waals surface area contributed by atoms with E-state index in [4.69, 9.17) is 4.74 Å². The Morgan fingerprint density at radius 2 is 2.16 bits per heavy atom. The van der Waals surface area contributed by atoms with Gasteiger partial charge in [-0.2, -0.15) is 0 Å². The topological polar surface area (TPSA) is 50.4 Å². The molecule has 0 bridgehead atoms. The molecule has 0 saturated carbocycles. The maximum Gasteiger partial charge on any atom is 0.233 e. The second-order valence-corrected chi connectivity index (χ2v) is 4.32. The van der Waals surface area contributed by atoms with Crippen molar-refractivity contribution >= 4 is 5.91 Å². The van der Waals surface area contributed by atoms with Crippen molar-refractivity contribution in [2.24, 2.45) is 0 Å². The zero-order valence-electron chi connectivity index (χ0n) is 11.4. The Kier molecular flexibility index (Phi) is 7.07. The second-order valence-electron chi connectivity index (χ2n) is 4.32. The molecule has 1 atom stereocenters. The molecule has 1 aromatic rings. The molecule has 0 radical (unpaired) electrons. The lowest BCUT2D eigenvalue weighted by Gasteiger charge is -2.14. The SMILES string of the molecule is COCCCNC(=O)CN[C@H](C)c1ccccc1F. The highest BCUT2D eigenvalue weighted by molar-refractivity contribution is 5.77. The molecule has 1 amide bonds. The number of hydrogen-bond donors (Lipinski definition) is 2. The molecule has 0 spiro atoms. The average molecular weight is 268 g/mol. The Bertz CT molecular complexity index is 399. The van der Waals surface area contributed by atoms with Gasteiger partial charge in [0.2, 0.25) is 5.91 Å². The van der Waals surface area contributed by atoms with Crippen molar-refractivity contribution in [2.45, 2.75) is 19.4 Å². The zero-order valence-corrected chi connectivity index (χ0v) is 11.4. The van der Waals surface area contributed by atoms with Crippen molar-refractivity contribution in [3.05, 3.63) is 35.6 Å². The van der Waals surface area contributed by atoms with E-state index in [1.165, 1.54) is 6.07 Å². The average Bonchev–Trinajstić information content (AvgIpc) is 2.41. The summed E-state index contributed by atoms with van der Waals surface area (Å²) in [5.74, 6) is -0.359. The van der Waals surface area contributed by atoms with Gasteiger partial charge in [-0.3, -0.25) is 4.79 Å². The number of hydrogen-bond acceptors (Lipinski definition) is 3. The number of ether oxygens (including phenoxy) is 1. The van der Waals surface area contributed by atoms with Gasteiger partial charge in [-0.05, 0) is 19.4 Å². The molecule has 0 aliphatic heterocycles. The first-order valence-corrected chi connectivity index (χ1v) is 6.38. The van der Waals surface area contributed by atoms with Crippen molar-refractivity contribution in [1.82, 2.24) is 10.6 Å². The molecular formula is C14H21FN2O2. The number of nitrogens with one attached hydrogen (secondary N) is 2. The number of rotatable bonds is 8. The van der Waals surface area contributed by atoms with Crippen molar-refractivity contribution in [1.29, 1.82) is 0 Å². The quantitative estimate of drug-likeness (QED) is 0.705. The molecule has 5 heteroatoms. The van der Waals surface area contributed by atoms with E-state index in [1.807, 2.05) is 6.92 Å². The zero-order chi connectivity index (χ0) is 14.1. The first-order valence-electron chi connectivity index (χ1n) is 6.38. The van der Waals surface area contributed by atoms with Gasteiger partial charge in [0, 0.05) is 31.9 Å². The van der Waals surface area contributed by atoms with Gasteiger partial charge >= 0.3 is 0 Å². The highest BCUT2D eigenvalue weighted by atomic mass is 19.1. The third-order valence-electron chi connectivity index (χ3n) is 2.79. The lowest BCUT2D eigenvalue weighted by atomic mass is 10.1.